The number of ether oxygens (including phenoxy) is 1. The van der Waals surface area contributed by atoms with Crippen molar-refractivity contribution < 1.29 is 26.6 Å². The van der Waals surface area contributed by atoms with Crippen LogP contribution in [0.4, 0.5) is 9.57 Å². The maximum absolute atomic E-state index is 13.0. The van der Waals surface area contributed by atoms with Crippen LogP contribution < -0.4 is 4.90 Å². The van der Waals surface area contributed by atoms with Gasteiger partial charge in [-0.05, 0) is 12.1 Å². The minimum absolute atomic E-state index is 0.0289. The molecule has 1 atom stereocenters. The zero-order chi connectivity index (χ0) is 14.5. The molecule has 1 fully saturated rings. The van der Waals surface area contributed by atoms with Crippen molar-refractivity contribution in [2.24, 2.45) is 0 Å². The summed E-state index contributed by atoms with van der Waals surface area (Å²) in [5, 5.41) is -1.36. The van der Waals surface area contributed by atoms with Crippen molar-refractivity contribution in [3.63, 3.8) is 0 Å². The molecule has 1 saturated heterocycles. The maximum atomic E-state index is 13.0. The second-order valence-electron chi connectivity index (χ2n) is 4.69. The number of cyclic esters (lactones) is 1. The standard InChI is InChI=1S/C12H10FNO5S/c13-20(17,18)7-4-11(15)14(5-7)10-3-1-2-8-9(10)6-19-12(8)16/h1-3,7H,4-6H2. The molecule has 0 radical (unpaired) electrons. The summed E-state index contributed by atoms with van der Waals surface area (Å²) >= 11 is 0. The predicted molar refractivity (Wildman–Crippen MR) is 66.3 cm³/mol. The largest absolute Gasteiger partial charge is 0.457 e. The zero-order valence-electron chi connectivity index (χ0n) is 10.2. The number of carbonyl (C=O) groups excluding carboxylic acids is 2. The van der Waals surface area contributed by atoms with E-state index in [1.807, 2.05) is 0 Å². The molecule has 106 valence electrons. The van der Waals surface area contributed by atoms with Gasteiger partial charge in [0.1, 0.15) is 11.9 Å². The third-order valence-corrected chi connectivity index (χ3v) is 4.61. The molecule has 2 heterocycles. The highest BCUT2D eigenvalue weighted by atomic mass is 32.3. The van der Waals surface area contributed by atoms with Gasteiger partial charge in [-0.15, -0.1) is 3.89 Å². The summed E-state index contributed by atoms with van der Waals surface area (Å²) < 4.78 is 39.7. The molecule has 0 spiro atoms. The van der Waals surface area contributed by atoms with Crippen molar-refractivity contribution >= 4 is 27.8 Å². The summed E-state index contributed by atoms with van der Waals surface area (Å²) in [4.78, 5) is 24.5. The van der Waals surface area contributed by atoms with Gasteiger partial charge in [-0.1, -0.05) is 6.07 Å². The fourth-order valence-corrected chi connectivity index (χ4v) is 3.15. The lowest BCUT2D eigenvalue weighted by atomic mass is 10.1. The molecule has 0 bridgehead atoms. The normalized spacial score (nSPS) is 22.1. The van der Waals surface area contributed by atoms with Crippen molar-refractivity contribution in [1.82, 2.24) is 0 Å². The molecule has 6 nitrogen and oxygen atoms in total. The Kier molecular flexibility index (Phi) is 2.79. The number of nitrogens with zero attached hydrogens (tertiary/aromatic N) is 1. The molecule has 8 heteroatoms. The summed E-state index contributed by atoms with van der Waals surface area (Å²) in [6.45, 7) is -0.219. The van der Waals surface area contributed by atoms with Crippen LogP contribution in [0.15, 0.2) is 18.2 Å². The molecule has 1 unspecified atom stereocenters. The van der Waals surface area contributed by atoms with Gasteiger partial charge in [0.05, 0.1) is 11.3 Å². The van der Waals surface area contributed by atoms with Gasteiger partial charge in [0, 0.05) is 18.5 Å². The average molecular weight is 299 g/mol. The number of benzene rings is 1. The van der Waals surface area contributed by atoms with Gasteiger partial charge >= 0.3 is 16.2 Å². The van der Waals surface area contributed by atoms with Crippen LogP contribution in [0.1, 0.15) is 22.3 Å². The highest BCUT2D eigenvalue weighted by Gasteiger charge is 2.40. The smallest absolute Gasteiger partial charge is 0.338 e. The van der Waals surface area contributed by atoms with Crippen LogP contribution in [-0.4, -0.2) is 32.1 Å². The monoisotopic (exact) mass is 299 g/mol. The average Bonchev–Trinajstić information content (AvgIpc) is 2.93. The van der Waals surface area contributed by atoms with Gasteiger partial charge in [-0.2, -0.15) is 8.42 Å². The van der Waals surface area contributed by atoms with E-state index >= 15 is 0 Å². The first-order valence-corrected chi connectivity index (χ1v) is 7.35. The molecule has 1 amide bonds. The Hall–Kier alpha value is -1.96. The highest BCUT2D eigenvalue weighted by Crippen LogP contribution is 2.33. The number of esters is 1. The van der Waals surface area contributed by atoms with Crippen LogP contribution >= 0.6 is 0 Å². The predicted octanol–water partition coefficient (Wildman–Crippen LogP) is 0.762. The maximum Gasteiger partial charge on any atom is 0.338 e. The summed E-state index contributed by atoms with van der Waals surface area (Å²) in [5.41, 5.74) is 1.29. The molecule has 0 N–H and O–H groups in total. The molecule has 1 aromatic carbocycles. The highest BCUT2D eigenvalue weighted by molar-refractivity contribution is 7.87. The number of rotatable bonds is 2. The molecular formula is C12H10FNO5S. The van der Waals surface area contributed by atoms with Crippen LogP contribution in [0, 0.1) is 0 Å². The van der Waals surface area contributed by atoms with E-state index in [1.54, 1.807) is 18.2 Å². The van der Waals surface area contributed by atoms with E-state index in [2.05, 4.69) is 0 Å². The van der Waals surface area contributed by atoms with Crippen molar-refractivity contribution in [1.29, 1.82) is 0 Å². The number of hydrogen-bond acceptors (Lipinski definition) is 5. The van der Waals surface area contributed by atoms with Crippen LogP contribution in [0.5, 0.6) is 0 Å². The number of amides is 1. The zero-order valence-corrected chi connectivity index (χ0v) is 11.0. The van der Waals surface area contributed by atoms with Crippen molar-refractivity contribution in [2.75, 3.05) is 11.4 Å². The van der Waals surface area contributed by atoms with Gasteiger partial charge < -0.3 is 9.64 Å². The second kappa shape index (κ2) is 4.27. The Labute approximate surface area is 114 Å². The van der Waals surface area contributed by atoms with Gasteiger partial charge in [-0.3, -0.25) is 4.79 Å². The topological polar surface area (TPSA) is 80.8 Å². The molecule has 20 heavy (non-hydrogen) atoms. The summed E-state index contributed by atoms with van der Waals surface area (Å²) in [7, 11) is -4.76. The Morgan fingerprint density at radius 2 is 2.05 bits per heavy atom. The number of fused-ring (bicyclic) bond motifs is 1. The Balaban J connectivity index is 2.00. The molecule has 0 saturated carbocycles. The molecule has 1 aromatic rings. The van der Waals surface area contributed by atoms with Gasteiger partial charge in [0.25, 0.3) is 0 Å². The number of hydrogen-bond donors (Lipinski definition) is 0. The van der Waals surface area contributed by atoms with E-state index in [4.69, 9.17) is 4.74 Å². The fraction of sp³-hybridized carbons (Fsp3) is 0.333. The minimum atomic E-state index is -4.76. The van der Waals surface area contributed by atoms with Crippen molar-refractivity contribution in [3.05, 3.63) is 29.3 Å². The van der Waals surface area contributed by atoms with Crippen molar-refractivity contribution in [3.8, 4) is 0 Å². The third-order valence-electron chi connectivity index (χ3n) is 3.50. The van der Waals surface area contributed by atoms with Crippen LogP contribution in [0.2, 0.25) is 0 Å². The Morgan fingerprint density at radius 1 is 1.30 bits per heavy atom. The first-order chi connectivity index (χ1) is 9.38. The second-order valence-corrected chi connectivity index (χ2v) is 6.30. The van der Waals surface area contributed by atoms with Crippen molar-refractivity contribution in [2.45, 2.75) is 18.3 Å². The van der Waals surface area contributed by atoms with Gasteiger partial charge in [-0.25, -0.2) is 4.79 Å². The molecule has 3 rings (SSSR count). The quantitative estimate of drug-likeness (QED) is 0.595. The van der Waals surface area contributed by atoms with E-state index in [9.17, 15) is 21.9 Å². The first kappa shape index (κ1) is 13.0. The van der Waals surface area contributed by atoms with E-state index in [0.717, 1.165) is 0 Å². The van der Waals surface area contributed by atoms with E-state index < -0.39 is 33.8 Å². The van der Waals surface area contributed by atoms with E-state index in [-0.39, 0.29) is 13.2 Å². The van der Waals surface area contributed by atoms with Crippen LogP contribution in [-0.2, 0) is 26.4 Å². The summed E-state index contributed by atoms with van der Waals surface area (Å²) in [6, 6.07) is 4.73. The number of carbonyl (C=O) groups is 2. The number of anilines is 1. The third kappa shape index (κ3) is 1.96. The lowest BCUT2D eigenvalue weighted by Gasteiger charge is -2.18. The molecule has 2 aliphatic heterocycles. The Bertz CT molecular complexity index is 715. The SMILES string of the molecule is O=C1OCc2c1cccc2N1CC(S(=O)(=O)F)CC1=O. The fourth-order valence-electron chi connectivity index (χ4n) is 2.48. The molecule has 2 aliphatic rings. The van der Waals surface area contributed by atoms with Crippen LogP contribution in [0.25, 0.3) is 0 Å². The minimum Gasteiger partial charge on any atom is -0.457 e. The van der Waals surface area contributed by atoms with Crippen LogP contribution in [0.3, 0.4) is 0 Å². The number of halogens is 1. The lowest BCUT2D eigenvalue weighted by Crippen LogP contribution is -2.27. The lowest BCUT2D eigenvalue weighted by molar-refractivity contribution is -0.117. The van der Waals surface area contributed by atoms with E-state index in [1.165, 1.54) is 4.90 Å². The van der Waals surface area contributed by atoms with Gasteiger partial charge in [0.15, 0.2) is 0 Å². The molecule has 0 aliphatic carbocycles. The Morgan fingerprint density at radius 3 is 2.70 bits per heavy atom. The van der Waals surface area contributed by atoms with Gasteiger partial charge in [0.2, 0.25) is 5.91 Å². The first-order valence-electron chi connectivity index (χ1n) is 5.91. The molecule has 0 aromatic heterocycles. The summed E-state index contributed by atoms with van der Waals surface area (Å²) in [6.07, 6.45) is -0.392. The summed E-state index contributed by atoms with van der Waals surface area (Å²) in [5.74, 6) is -0.966. The molecular weight excluding hydrogens is 289 g/mol. The van der Waals surface area contributed by atoms with E-state index in [0.29, 0.717) is 16.8 Å².